The van der Waals surface area contributed by atoms with Gasteiger partial charge in [0, 0.05) is 25.1 Å². The second kappa shape index (κ2) is 9.97. The van der Waals surface area contributed by atoms with E-state index in [1.807, 2.05) is 6.92 Å². The fourth-order valence-electron chi connectivity index (χ4n) is 2.51. The fraction of sp³-hybridized carbons (Fsp3) is 0.190. The van der Waals surface area contributed by atoms with E-state index in [4.69, 9.17) is 4.74 Å². The minimum Gasteiger partial charge on any atom is -0.505 e. The molecule has 0 radical (unpaired) electrons. The van der Waals surface area contributed by atoms with Gasteiger partial charge >= 0.3 is 0 Å². The minimum absolute atomic E-state index is 0.0907. The summed E-state index contributed by atoms with van der Waals surface area (Å²) in [6.45, 7) is 2.71. The summed E-state index contributed by atoms with van der Waals surface area (Å²) < 4.78 is 5.56. The molecule has 0 spiro atoms. The third kappa shape index (κ3) is 5.28. The molecule has 0 aliphatic rings. The summed E-state index contributed by atoms with van der Waals surface area (Å²) in [7, 11) is 0. The number of nitrogens with zero attached hydrogens (tertiary/aromatic N) is 3. The van der Waals surface area contributed by atoms with Crippen molar-refractivity contribution in [1.82, 2.24) is 20.3 Å². The molecule has 3 rings (SSSR count). The third-order valence-electron chi connectivity index (χ3n) is 3.97. The molecule has 0 aliphatic carbocycles. The van der Waals surface area contributed by atoms with Crippen molar-refractivity contribution in [2.75, 3.05) is 11.9 Å². The van der Waals surface area contributed by atoms with E-state index in [9.17, 15) is 14.7 Å². The molecule has 30 heavy (non-hydrogen) atoms. The molecule has 9 nitrogen and oxygen atoms in total. The van der Waals surface area contributed by atoms with Crippen LogP contribution in [0.25, 0.3) is 0 Å². The largest absolute Gasteiger partial charge is 0.505 e. The fourth-order valence-corrected chi connectivity index (χ4v) is 2.51. The van der Waals surface area contributed by atoms with Gasteiger partial charge in [-0.1, -0.05) is 13.0 Å². The summed E-state index contributed by atoms with van der Waals surface area (Å²) in [5, 5.41) is 15.0. The Bertz CT molecular complexity index is 1020. The topological polar surface area (TPSA) is 126 Å². The van der Waals surface area contributed by atoms with Gasteiger partial charge in [0.2, 0.25) is 0 Å². The Balaban J connectivity index is 1.58. The van der Waals surface area contributed by atoms with E-state index in [1.165, 1.54) is 30.7 Å². The number of ether oxygens (including phenoxy) is 1. The standard InChI is InChI=1S/C21H21N5O4/c1-2-11-30-16-6-4-10-23-19(16)20(28)25-13-14-7-8-17(24-12-14)26-21(29)18-15(27)5-3-9-22-18/h3-10,12,27H,2,11,13H2,1H3,(H,25,28)(H,24,26,29). The number of aromatic nitrogens is 3. The van der Waals surface area contributed by atoms with Crippen LogP contribution in [0.3, 0.4) is 0 Å². The molecule has 154 valence electrons. The second-order valence-electron chi connectivity index (χ2n) is 6.26. The first kappa shape index (κ1) is 20.7. The van der Waals surface area contributed by atoms with Crippen LogP contribution in [0, 0.1) is 0 Å². The number of rotatable bonds is 8. The molecule has 9 heteroatoms. The first-order valence-corrected chi connectivity index (χ1v) is 9.34. The maximum absolute atomic E-state index is 12.4. The van der Waals surface area contributed by atoms with Gasteiger partial charge in [0.15, 0.2) is 17.1 Å². The molecule has 0 saturated heterocycles. The van der Waals surface area contributed by atoms with Crippen LogP contribution in [0.1, 0.15) is 39.9 Å². The number of nitrogens with one attached hydrogen (secondary N) is 2. The molecule has 0 aliphatic heterocycles. The van der Waals surface area contributed by atoms with Crippen molar-refractivity contribution in [2.24, 2.45) is 0 Å². The van der Waals surface area contributed by atoms with E-state index >= 15 is 0 Å². The van der Waals surface area contributed by atoms with Crippen LogP contribution in [0.15, 0.2) is 55.0 Å². The number of hydrogen-bond acceptors (Lipinski definition) is 7. The van der Waals surface area contributed by atoms with Crippen molar-refractivity contribution in [3.63, 3.8) is 0 Å². The Labute approximate surface area is 173 Å². The minimum atomic E-state index is -0.573. The zero-order chi connectivity index (χ0) is 21.3. The van der Waals surface area contributed by atoms with Crippen molar-refractivity contribution in [2.45, 2.75) is 19.9 Å². The second-order valence-corrected chi connectivity index (χ2v) is 6.26. The van der Waals surface area contributed by atoms with Crippen LogP contribution in [0.2, 0.25) is 0 Å². The van der Waals surface area contributed by atoms with Crippen molar-refractivity contribution >= 4 is 17.6 Å². The Kier molecular flexibility index (Phi) is 6.88. The summed E-state index contributed by atoms with van der Waals surface area (Å²) in [5.74, 6) is -0.418. The lowest BCUT2D eigenvalue weighted by Gasteiger charge is -2.10. The third-order valence-corrected chi connectivity index (χ3v) is 3.97. The molecule has 3 heterocycles. The van der Waals surface area contributed by atoms with Crippen LogP contribution in [-0.4, -0.2) is 38.5 Å². The first-order valence-electron chi connectivity index (χ1n) is 9.34. The summed E-state index contributed by atoms with van der Waals surface area (Å²) >= 11 is 0. The van der Waals surface area contributed by atoms with Gasteiger partial charge < -0.3 is 20.5 Å². The van der Waals surface area contributed by atoms with Gasteiger partial charge in [-0.3, -0.25) is 9.59 Å². The lowest BCUT2D eigenvalue weighted by Crippen LogP contribution is -2.24. The molecule has 0 fully saturated rings. The molecule has 3 aromatic rings. The predicted molar refractivity (Wildman–Crippen MR) is 109 cm³/mol. The highest BCUT2D eigenvalue weighted by atomic mass is 16.5. The molecular formula is C21H21N5O4. The zero-order valence-corrected chi connectivity index (χ0v) is 16.3. The van der Waals surface area contributed by atoms with Gasteiger partial charge in [0.25, 0.3) is 11.8 Å². The van der Waals surface area contributed by atoms with E-state index in [0.717, 1.165) is 12.0 Å². The molecule has 0 aromatic carbocycles. The summed E-state index contributed by atoms with van der Waals surface area (Å²) in [6, 6.07) is 9.63. The predicted octanol–water partition coefficient (Wildman–Crippen LogP) is 2.55. The normalized spacial score (nSPS) is 10.3. The van der Waals surface area contributed by atoms with Crippen molar-refractivity contribution < 1.29 is 19.4 Å². The van der Waals surface area contributed by atoms with Crippen LogP contribution >= 0.6 is 0 Å². The van der Waals surface area contributed by atoms with Crippen molar-refractivity contribution in [3.8, 4) is 11.5 Å². The Morgan fingerprint density at radius 1 is 1.00 bits per heavy atom. The van der Waals surface area contributed by atoms with Gasteiger partial charge in [-0.15, -0.1) is 0 Å². The molecule has 0 atom stereocenters. The number of hydrogen-bond donors (Lipinski definition) is 3. The summed E-state index contributed by atoms with van der Waals surface area (Å²) in [4.78, 5) is 36.7. The number of amides is 2. The van der Waals surface area contributed by atoms with Crippen molar-refractivity contribution in [3.05, 3.63) is 71.9 Å². The summed E-state index contributed by atoms with van der Waals surface area (Å²) in [5.41, 5.74) is 0.860. The zero-order valence-electron chi connectivity index (χ0n) is 16.3. The van der Waals surface area contributed by atoms with Crippen LogP contribution in [-0.2, 0) is 6.54 Å². The summed E-state index contributed by atoms with van der Waals surface area (Å²) in [6.07, 6.45) is 5.30. The molecule has 3 N–H and O–H groups in total. The number of carbonyl (C=O) groups excluding carboxylic acids is 2. The number of aromatic hydroxyl groups is 1. The monoisotopic (exact) mass is 407 g/mol. The molecule has 0 unspecified atom stereocenters. The van der Waals surface area contributed by atoms with E-state index in [2.05, 4.69) is 25.6 Å². The van der Waals surface area contributed by atoms with E-state index < -0.39 is 5.91 Å². The molecule has 0 saturated carbocycles. The smallest absolute Gasteiger partial charge is 0.279 e. The van der Waals surface area contributed by atoms with E-state index in [1.54, 1.807) is 24.3 Å². The average molecular weight is 407 g/mol. The molecule has 0 bridgehead atoms. The van der Waals surface area contributed by atoms with Crippen molar-refractivity contribution in [1.29, 1.82) is 0 Å². The highest BCUT2D eigenvalue weighted by Crippen LogP contribution is 2.16. The number of anilines is 1. The van der Waals surface area contributed by atoms with Gasteiger partial charge in [0.05, 0.1) is 6.61 Å². The maximum Gasteiger partial charge on any atom is 0.279 e. The highest BCUT2D eigenvalue weighted by molar-refractivity contribution is 6.04. The first-order chi connectivity index (χ1) is 14.6. The Hall–Kier alpha value is -4.01. The van der Waals surface area contributed by atoms with Gasteiger partial charge in [-0.2, -0.15) is 0 Å². The number of carbonyl (C=O) groups is 2. The van der Waals surface area contributed by atoms with Crippen LogP contribution < -0.4 is 15.4 Å². The number of pyridine rings is 3. The lowest BCUT2D eigenvalue weighted by molar-refractivity contribution is 0.0940. The molecule has 2 amide bonds. The highest BCUT2D eigenvalue weighted by Gasteiger charge is 2.15. The lowest BCUT2D eigenvalue weighted by atomic mass is 10.2. The maximum atomic E-state index is 12.4. The van der Waals surface area contributed by atoms with E-state index in [0.29, 0.717) is 18.2 Å². The van der Waals surface area contributed by atoms with Crippen LogP contribution in [0.5, 0.6) is 11.5 Å². The van der Waals surface area contributed by atoms with E-state index in [-0.39, 0.29) is 29.6 Å². The van der Waals surface area contributed by atoms with Gasteiger partial charge in [0.1, 0.15) is 11.6 Å². The Morgan fingerprint density at radius 3 is 2.47 bits per heavy atom. The molecular weight excluding hydrogens is 386 g/mol. The van der Waals surface area contributed by atoms with Crippen LogP contribution in [0.4, 0.5) is 5.82 Å². The SMILES string of the molecule is CCCOc1cccnc1C(=O)NCc1ccc(NC(=O)c2ncccc2O)nc1. The molecule has 3 aromatic heterocycles. The van der Waals surface area contributed by atoms with Gasteiger partial charge in [-0.05, 0) is 42.3 Å². The average Bonchev–Trinajstić information content (AvgIpc) is 2.77. The van der Waals surface area contributed by atoms with Gasteiger partial charge in [-0.25, -0.2) is 15.0 Å². The Morgan fingerprint density at radius 2 is 1.77 bits per heavy atom. The quantitative estimate of drug-likeness (QED) is 0.524.